The molecule has 1 nitrogen and oxygen atoms in total. The van der Waals surface area contributed by atoms with Crippen LogP contribution in [0.1, 0.15) is 37.5 Å². The Bertz CT molecular complexity index is 579. The first kappa shape index (κ1) is 14.6. The number of halogens is 1. The number of hydrogen-bond donors (Lipinski definition) is 0. The van der Waals surface area contributed by atoms with Gasteiger partial charge in [0.2, 0.25) is 0 Å². The summed E-state index contributed by atoms with van der Waals surface area (Å²) in [7, 11) is 0. The maximum absolute atomic E-state index is 13.2. The lowest BCUT2D eigenvalue weighted by Gasteiger charge is -2.19. The van der Waals surface area contributed by atoms with Crippen LogP contribution in [0.25, 0.3) is 0 Å². The van der Waals surface area contributed by atoms with Gasteiger partial charge < -0.3 is 4.74 Å². The molecule has 2 rings (SSSR count). The van der Waals surface area contributed by atoms with Gasteiger partial charge in [0.05, 0.1) is 0 Å². The molecule has 0 aliphatic heterocycles. The zero-order valence-corrected chi connectivity index (χ0v) is 12.5. The van der Waals surface area contributed by atoms with E-state index in [0.717, 1.165) is 11.1 Å². The van der Waals surface area contributed by atoms with Crippen molar-refractivity contribution in [3.8, 4) is 5.75 Å². The molecule has 0 N–H and O–H groups in total. The van der Waals surface area contributed by atoms with Crippen LogP contribution < -0.4 is 4.74 Å². The molecule has 106 valence electrons. The fraction of sp³-hybridized carbons (Fsp3) is 0.333. The van der Waals surface area contributed by atoms with Gasteiger partial charge in [-0.1, -0.05) is 51.1 Å². The molecule has 0 amide bonds. The Morgan fingerprint density at radius 1 is 1.00 bits per heavy atom. The molecule has 0 radical (unpaired) electrons. The predicted octanol–water partition coefficient (Wildman–Crippen LogP) is 5.01. The third kappa shape index (κ3) is 3.60. The van der Waals surface area contributed by atoms with E-state index in [0.29, 0.717) is 12.4 Å². The molecule has 0 aromatic heterocycles. The second-order valence-electron chi connectivity index (χ2n) is 6.15. The van der Waals surface area contributed by atoms with E-state index in [1.807, 2.05) is 6.92 Å². The molecule has 0 aliphatic rings. The van der Waals surface area contributed by atoms with Crippen LogP contribution in [0.2, 0.25) is 0 Å². The van der Waals surface area contributed by atoms with E-state index in [4.69, 9.17) is 4.74 Å². The largest absolute Gasteiger partial charge is 0.489 e. The molecule has 0 spiro atoms. The molecule has 0 unspecified atom stereocenters. The summed E-state index contributed by atoms with van der Waals surface area (Å²) in [5.74, 6) is 0.332. The number of aryl methyl sites for hydroxylation is 1. The van der Waals surface area contributed by atoms with Crippen molar-refractivity contribution in [1.82, 2.24) is 0 Å². The molecule has 2 aromatic carbocycles. The van der Waals surface area contributed by atoms with Gasteiger partial charge in [0, 0.05) is 6.07 Å². The van der Waals surface area contributed by atoms with Crippen molar-refractivity contribution >= 4 is 0 Å². The summed E-state index contributed by atoms with van der Waals surface area (Å²) in [6, 6.07) is 13.0. The van der Waals surface area contributed by atoms with Crippen LogP contribution in [-0.2, 0) is 12.0 Å². The van der Waals surface area contributed by atoms with Crippen LogP contribution in [0.5, 0.6) is 5.75 Å². The molecule has 20 heavy (non-hydrogen) atoms. The van der Waals surface area contributed by atoms with E-state index in [9.17, 15) is 4.39 Å². The Balaban J connectivity index is 2.06. The minimum atomic E-state index is -0.270. The van der Waals surface area contributed by atoms with Crippen LogP contribution in [0.15, 0.2) is 42.5 Å². The second kappa shape index (κ2) is 5.66. The van der Waals surface area contributed by atoms with Gasteiger partial charge in [-0.15, -0.1) is 0 Å². The van der Waals surface area contributed by atoms with Crippen LogP contribution >= 0.6 is 0 Å². The van der Waals surface area contributed by atoms with Gasteiger partial charge in [-0.05, 0) is 35.1 Å². The molecule has 0 bridgehead atoms. The fourth-order valence-corrected chi connectivity index (χ4v) is 1.99. The van der Waals surface area contributed by atoms with Crippen molar-refractivity contribution in [2.45, 2.75) is 39.7 Å². The highest BCUT2D eigenvalue weighted by Gasteiger charge is 2.12. The number of ether oxygens (including phenoxy) is 1. The van der Waals surface area contributed by atoms with Crippen LogP contribution in [0.3, 0.4) is 0 Å². The number of benzene rings is 2. The van der Waals surface area contributed by atoms with Crippen LogP contribution in [-0.4, -0.2) is 0 Å². The SMILES string of the molecule is Cc1ccc(F)cc1OCc1ccc(C(C)(C)C)cc1. The summed E-state index contributed by atoms with van der Waals surface area (Å²) < 4.78 is 18.9. The van der Waals surface area contributed by atoms with E-state index in [1.165, 1.54) is 17.7 Å². The summed E-state index contributed by atoms with van der Waals surface area (Å²) in [4.78, 5) is 0. The van der Waals surface area contributed by atoms with Crippen molar-refractivity contribution in [2.24, 2.45) is 0 Å². The van der Waals surface area contributed by atoms with Gasteiger partial charge in [0.1, 0.15) is 18.2 Å². The van der Waals surface area contributed by atoms with Crippen molar-refractivity contribution in [2.75, 3.05) is 0 Å². The topological polar surface area (TPSA) is 9.23 Å². The zero-order valence-electron chi connectivity index (χ0n) is 12.5. The monoisotopic (exact) mass is 272 g/mol. The van der Waals surface area contributed by atoms with Crippen molar-refractivity contribution in [3.05, 3.63) is 65.0 Å². The van der Waals surface area contributed by atoms with E-state index in [2.05, 4.69) is 45.0 Å². The van der Waals surface area contributed by atoms with Crippen molar-refractivity contribution < 1.29 is 9.13 Å². The highest BCUT2D eigenvalue weighted by atomic mass is 19.1. The van der Waals surface area contributed by atoms with Gasteiger partial charge >= 0.3 is 0 Å². The van der Waals surface area contributed by atoms with Crippen LogP contribution in [0, 0.1) is 12.7 Å². The first-order valence-electron chi connectivity index (χ1n) is 6.84. The smallest absolute Gasteiger partial charge is 0.126 e. The molecule has 2 aromatic rings. The van der Waals surface area contributed by atoms with E-state index in [-0.39, 0.29) is 11.2 Å². The average molecular weight is 272 g/mol. The third-order valence-electron chi connectivity index (χ3n) is 3.36. The molecular formula is C18H21FO. The molecule has 0 fully saturated rings. The Kier molecular flexibility index (Phi) is 4.12. The maximum atomic E-state index is 13.2. The predicted molar refractivity (Wildman–Crippen MR) is 80.6 cm³/mol. The molecule has 0 saturated heterocycles. The Hall–Kier alpha value is -1.83. The normalized spacial score (nSPS) is 11.4. The van der Waals surface area contributed by atoms with Crippen molar-refractivity contribution in [1.29, 1.82) is 0 Å². The molecule has 2 heteroatoms. The lowest BCUT2D eigenvalue weighted by molar-refractivity contribution is 0.302. The first-order chi connectivity index (χ1) is 9.36. The van der Waals surface area contributed by atoms with Gasteiger partial charge in [-0.3, -0.25) is 0 Å². The van der Waals surface area contributed by atoms with Crippen molar-refractivity contribution in [3.63, 3.8) is 0 Å². The summed E-state index contributed by atoms with van der Waals surface area (Å²) in [5, 5.41) is 0. The van der Waals surface area contributed by atoms with Crippen LogP contribution in [0.4, 0.5) is 4.39 Å². The minimum Gasteiger partial charge on any atom is -0.489 e. The summed E-state index contributed by atoms with van der Waals surface area (Å²) >= 11 is 0. The molecule has 0 atom stereocenters. The standard InChI is InChI=1S/C18H21FO/c1-13-5-10-16(19)11-17(13)20-12-14-6-8-15(9-7-14)18(2,3)4/h5-11H,12H2,1-4H3. The second-order valence-corrected chi connectivity index (χ2v) is 6.15. The molecular weight excluding hydrogens is 251 g/mol. The van der Waals surface area contributed by atoms with Gasteiger partial charge in [0.15, 0.2) is 0 Å². The molecule has 0 aliphatic carbocycles. The molecule has 0 heterocycles. The third-order valence-corrected chi connectivity index (χ3v) is 3.36. The Labute approximate surface area is 120 Å². The fourth-order valence-electron chi connectivity index (χ4n) is 1.99. The zero-order chi connectivity index (χ0) is 14.8. The number of hydrogen-bond acceptors (Lipinski definition) is 1. The minimum absolute atomic E-state index is 0.151. The van der Waals surface area contributed by atoms with E-state index < -0.39 is 0 Å². The van der Waals surface area contributed by atoms with E-state index >= 15 is 0 Å². The number of rotatable bonds is 3. The Morgan fingerprint density at radius 2 is 1.65 bits per heavy atom. The average Bonchev–Trinajstić information content (AvgIpc) is 2.39. The lowest BCUT2D eigenvalue weighted by Crippen LogP contribution is -2.10. The summed E-state index contributed by atoms with van der Waals surface area (Å²) in [6.45, 7) is 8.93. The highest BCUT2D eigenvalue weighted by Crippen LogP contribution is 2.23. The van der Waals surface area contributed by atoms with Gasteiger partial charge in [0.25, 0.3) is 0 Å². The summed E-state index contributed by atoms with van der Waals surface area (Å²) in [6.07, 6.45) is 0. The lowest BCUT2D eigenvalue weighted by atomic mass is 9.87. The van der Waals surface area contributed by atoms with Gasteiger partial charge in [-0.25, -0.2) is 4.39 Å². The Morgan fingerprint density at radius 3 is 2.25 bits per heavy atom. The quantitative estimate of drug-likeness (QED) is 0.763. The first-order valence-corrected chi connectivity index (χ1v) is 6.84. The summed E-state index contributed by atoms with van der Waals surface area (Å²) in [5.41, 5.74) is 3.47. The van der Waals surface area contributed by atoms with Gasteiger partial charge in [-0.2, -0.15) is 0 Å². The molecule has 0 saturated carbocycles. The maximum Gasteiger partial charge on any atom is 0.126 e. The van der Waals surface area contributed by atoms with E-state index in [1.54, 1.807) is 6.07 Å². The highest BCUT2D eigenvalue weighted by molar-refractivity contribution is 5.33.